The lowest BCUT2D eigenvalue weighted by Gasteiger charge is -2.33. The fourth-order valence-corrected chi connectivity index (χ4v) is 4.26. The molecule has 0 bridgehead atoms. The number of pyridine rings is 1. The summed E-state index contributed by atoms with van der Waals surface area (Å²) in [5, 5.41) is 3.69. The summed E-state index contributed by atoms with van der Waals surface area (Å²) in [6.45, 7) is 5.30. The van der Waals surface area contributed by atoms with Crippen molar-refractivity contribution in [3.63, 3.8) is 0 Å². The van der Waals surface area contributed by atoms with Gasteiger partial charge in [-0.2, -0.15) is 0 Å². The Labute approximate surface area is 138 Å². The molecule has 21 heavy (non-hydrogen) atoms. The van der Waals surface area contributed by atoms with Gasteiger partial charge in [0.1, 0.15) is 5.82 Å². The van der Waals surface area contributed by atoms with Crippen LogP contribution >= 0.6 is 27.3 Å². The molecule has 1 saturated heterocycles. The molecule has 0 unspecified atom stereocenters. The zero-order valence-electron chi connectivity index (χ0n) is 12.2. The van der Waals surface area contributed by atoms with Crippen molar-refractivity contribution < 1.29 is 0 Å². The van der Waals surface area contributed by atoms with E-state index in [0.29, 0.717) is 6.04 Å². The van der Waals surface area contributed by atoms with Gasteiger partial charge in [0.25, 0.3) is 0 Å². The van der Waals surface area contributed by atoms with Crippen LogP contribution in [0.5, 0.6) is 0 Å². The summed E-state index contributed by atoms with van der Waals surface area (Å²) in [5.74, 6) is 1.11. The molecule has 112 valence electrons. The van der Waals surface area contributed by atoms with E-state index in [-0.39, 0.29) is 0 Å². The highest BCUT2D eigenvalue weighted by Crippen LogP contribution is 2.26. The molecule has 2 aromatic heterocycles. The minimum Gasteiger partial charge on any atom is -0.357 e. The van der Waals surface area contributed by atoms with E-state index < -0.39 is 0 Å². The summed E-state index contributed by atoms with van der Waals surface area (Å²) in [6, 6.07) is 8.98. The Morgan fingerprint density at radius 1 is 1.38 bits per heavy atom. The number of nitrogens with one attached hydrogen (secondary N) is 1. The second kappa shape index (κ2) is 6.90. The van der Waals surface area contributed by atoms with Crippen LogP contribution in [0.25, 0.3) is 0 Å². The normalized spacial score (nSPS) is 16.4. The Morgan fingerprint density at radius 3 is 2.81 bits per heavy atom. The zero-order chi connectivity index (χ0) is 14.7. The molecule has 1 aliphatic heterocycles. The second-order valence-electron chi connectivity index (χ2n) is 5.45. The molecule has 0 atom stereocenters. The number of aryl methyl sites for hydroxylation is 1. The molecule has 3 heterocycles. The lowest BCUT2D eigenvalue weighted by Crippen LogP contribution is -2.42. The van der Waals surface area contributed by atoms with E-state index in [4.69, 9.17) is 0 Å². The van der Waals surface area contributed by atoms with Crippen molar-refractivity contribution in [2.75, 3.05) is 18.0 Å². The van der Waals surface area contributed by atoms with E-state index in [9.17, 15) is 0 Å². The van der Waals surface area contributed by atoms with Crippen molar-refractivity contribution in [1.29, 1.82) is 0 Å². The highest BCUT2D eigenvalue weighted by molar-refractivity contribution is 9.10. The van der Waals surface area contributed by atoms with E-state index in [0.717, 1.165) is 25.5 Å². The van der Waals surface area contributed by atoms with E-state index in [1.807, 2.05) is 23.6 Å². The Hall–Kier alpha value is -0.910. The third-order valence-electron chi connectivity index (χ3n) is 3.94. The number of aromatic nitrogens is 1. The molecular formula is C16H20BrN3S. The van der Waals surface area contributed by atoms with Crippen molar-refractivity contribution in [2.24, 2.45) is 0 Å². The lowest BCUT2D eigenvalue weighted by atomic mass is 10.1. The molecule has 0 saturated carbocycles. The van der Waals surface area contributed by atoms with Crippen LogP contribution in [0.1, 0.15) is 22.6 Å². The molecule has 1 aliphatic rings. The van der Waals surface area contributed by atoms with Crippen LogP contribution < -0.4 is 10.2 Å². The Bertz CT molecular complexity index is 557. The molecule has 0 aliphatic carbocycles. The Balaban J connectivity index is 1.48. The second-order valence-corrected chi connectivity index (χ2v) is 7.64. The molecule has 1 fully saturated rings. The first-order chi connectivity index (χ1) is 10.2. The van der Waals surface area contributed by atoms with Gasteiger partial charge in [0, 0.05) is 46.1 Å². The predicted octanol–water partition coefficient (Wildman–Crippen LogP) is 3.97. The SMILES string of the molecule is Cc1sc(CNC2CCN(c3ccccn3)CC2)cc1Br. The Kier molecular flexibility index (Phi) is 4.93. The first-order valence-electron chi connectivity index (χ1n) is 7.36. The number of thiophene rings is 1. The van der Waals surface area contributed by atoms with Gasteiger partial charge >= 0.3 is 0 Å². The first-order valence-corrected chi connectivity index (χ1v) is 8.97. The zero-order valence-corrected chi connectivity index (χ0v) is 14.6. The van der Waals surface area contributed by atoms with Gasteiger partial charge in [0.15, 0.2) is 0 Å². The summed E-state index contributed by atoms with van der Waals surface area (Å²) < 4.78 is 1.23. The van der Waals surface area contributed by atoms with E-state index >= 15 is 0 Å². The Morgan fingerprint density at radius 2 is 2.19 bits per heavy atom. The highest BCUT2D eigenvalue weighted by Gasteiger charge is 2.19. The summed E-state index contributed by atoms with van der Waals surface area (Å²) >= 11 is 5.46. The van der Waals surface area contributed by atoms with Crippen LogP contribution in [0.4, 0.5) is 5.82 Å². The minimum absolute atomic E-state index is 0.617. The van der Waals surface area contributed by atoms with E-state index in [1.54, 1.807) is 0 Å². The van der Waals surface area contributed by atoms with Crippen molar-refractivity contribution in [3.05, 3.63) is 44.7 Å². The number of rotatable bonds is 4. The maximum atomic E-state index is 4.44. The molecule has 0 spiro atoms. The van der Waals surface area contributed by atoms with E-state index in [1.165, 1.54) is 27.1 Å². The number of nitrogens with zero attached hydrogens (tertiary/aromatic N) is 2. The molecular weight excluding hydrogens is 346 g/mol. The number of halogens is 1. The van der Waals surface area contributed by atoms with Gasteiger partial charge in [-0.3, -0.25) is 0 Å². The van der Waals surface area contributed by atoms with Gasteiger partial charge in [-0.1, -0.05) is 6.07 Å². The van der Waals surface area contributed by atoms with Gasteiger partial charge in [-0.15, -0.1) is 11.3 Å². The van der Waals surface area contributed by atoms with Crippen molar-refractivity contribution in [2.45, 2.75) is 32.4 Å². The predicted molar refractivity (Wildman–Crippen MR) is 93.1 cm³/mol. The smallest absolute Gasteiger partial charge is 0.128 e. The summed E-state index contributed by atoms with van der Waals surface area (Å²) in [6.07, 6.45) is 4.24. The van der Waals surface area contributed by atoms with Gasteiger partial charge < -0.3 is 10.2 Å². The van der Waals surface area contributed by atoms with Crippen molar-refractivity contribution in [3.8, 4) is 0 Å². The third-order valence-corrected chi connectivity index (χ3v) is 6.08. The average molecular weight is 366 g/mol. The van der Waals surface area contributed by atoms with Crippen LogP contribution in [-0.2, 0) is 6.54 Å². The van der Waals surface area contributed by atoms with Crippen LogP contribution in [0.2, 0.25) is 0 Å². The fraction of sp³-hybridized carbons (Fsp3) is 0.438. The molecule has 0 amide bonds. The highest BCUT2D eigenvalue weighted by atomic mass is 79.9. The number of hydrogen-bond acceptors (Lipinski definition) is 4. The number of piperidine rings is 1. The summed E-state index contributed by atoms with van der Waals surface area (Å²) in [7, 11) is 0. The van der Waals surface area contributed by atoms with Gasteiger partial charge in [0.2, 0.25) is 0 Å². The monoisotopic (exact) mass is 365 g/mol. The number of hydrogen-bond donors (Lipinski definition) is 1. The molecule has 0 radical (unpaired) electrons. The molecule has 1 N–H and O–H groups in total. The third kappa shape index (κ3) is 3.84. The summed E-state index contributed by atoms with van der Waals surface area (Å²) in [5.41, 5.74) is 0. The van der Waals surface area contributed by atoms with Gasteiger partial charge in [0.05, 0.1) is 0 Å². The number of anilines is 1. The quantitative estimate of drug-likeness (QED) is 0.888. The largest absolute Gasteiger partial charge is 0.357 e. The van der Waals surface area contributed by atoms with Crippen molar-refractivity contribution in [1.82, 2.24) is 10.3 Å². The standard InChI is InChI=1S/C16H20BrN3S/c1-12-15(17)10-14(21-12)11-19-13-5-8-20(9-6-13)16-4-2-3-7-18-16/h2-4,7,10,13,19H,5-6,8-9,11H2,1H3. The maximum Gasteiger partial charge on any atom is 0.128 e. The molecule has 5 heteroatoms. The topological polar surface area (TPSA) is 28.2 Å². The van der Waals surface area contributed by atoms with Gasteiger partial charge in [-0.05, 0) is 53.9 Å². The van der Waals surface area contributed by atoms with Gasteiger partial charge in [-0.25, -0.2) is 4.98 Å². The average Bonchev–Trinajstić information content (AvgIpc) is 2.85. The first kappa shape index (κ1) is 15.0. The van der Waals surface area contributed by atoms with Crippen LogP contribution in [0.15, 0.2) is 34.9 Å². The van der Waals surface area contributed by atoms with Crippen LogP contribution in [0.3, 0.4) is 0 Å². The molecule has 3 rings (SSSR count). The molecule has 2 aromatic rings. The van der Waals surface area contributed by atoms with Crippen molar-refractivity contribution >= 4 is 33.1 Å². The molecule has 0 aromatic carbocycles. The van der Waals surface area contributed by atoms with E-state index in [2.05, 4.69) is 56.3 Å². The lowest BCUT2D eigenvalue weighted by molar-refractivity contribution is 0.414. The molecule has 3 nitrogen and oxygen atoms in total. The maximum absolute atomic E-state index is 4.44. The minimum atomic E-state index is 0.617. The fourth-order valence-electron chi connectivity index (χ4n) is 2.70. The van der Waals surface area contributed by atoms with Crippen LogP contribution in [-0.4, -0.2) is 24.1 Å². The van der Waals surface area contributed by atoms with Crippen LogP contribution in [0, 0.1) is 6.92 Å². The summed E-state index contributed by atoms with van der Waals surface area (Å²) in [4.78, 5) is 9.58.